The van der Waals surface area contributed by atoms with Crippen molar-refractivity contribution in [2.75, 3.05) is 0 Å². The molecule has 2 aromatic rings. The number of aromatic hydroxyl groups is 1. The molecule has 0 spiro atoms. The molecule has 4 nitrogen and oxygen atoms in total. The van der Waals surface area contributed by atoms with Crippen LogP contribution in [0.3, 0.4) is 0 Å². The first kappa shape index (κ1) is 26.4. The van der Waals surface area contributed by atoms with Gasteiger partial charge < -0.3 is 9.84 Å². The number of hydrogen-bond donors (Lipinski definition) is 1. The summed E-state index contributed by atoms with van der Waals surface area (Å²) in [7, 11) is 0. The van der Waals surface area contributed by atoms with E-state index in [9.17, 15) is 62.6 Å². The molecule has 0 saturated carbocycles. The largest absolute Gasteiger partial charge is 0.508 e. The summed E-state index contributed by atoms with van der Waals surface area (Å²) in [4.78, 5) is 8.40. The van der Waals surface area contributed by atoms with Crippen molar-refractivity contribution in [3.63, 3.8) is 0 Å². The zero-order chi connectivity index (χ0) is 26.8. The number of carbonyl (C=O) groups is 1. The molecule has 192 valence electrons. The molecule has 16 heteroatoms. The van der Waals surface area contributed by atoms with Crippen LogP contribution < -0.4 is 4.74 Å². The third-order valence-electron chi connectivity index (χ3n) is 4.93. The molecule has 3 rings (SSSR count). The number of benzene rings is 2. The Hall–Kier alpha value is -3.17. The van der Waals surface area contributed by atoms with E-state index in [4.69, 9.17) is 0 Å². The zero-order valence-corrected chi connectivity index (χ0v) is 16.4. The summed E-state index contributed by atoms with van der Waals surface area (Å²) in [5.74, 6) is -26.2. The van der Waals surface area contributed by atoms with Crippen LogP contribution in [0.4, 0.5) is 52.7 Å². The summed E-state index contributed by atoms with van der Waals surface area (Å²) in [5.41, 5.74) is 0.612. The number of esters is 1. The molecule has 1 saturated heterocycles. The topological polar surface area (TPSA) is 49.8 Å². The summed E-state index contributed by atoms with van der Waals surface area (Å²) >= 11 is 0. The quantitative estimate of drug-likeness (QED) is 0.231. The van der Waals surface area contributed by atoms with Crippen molar-refractivity contribution in [3.8, 4) is 22.6 Å². The smallest absolute Gasteiger partial charge is 0.448 e. The third-order valence-corrected chi connectivity index (χ3v) is 4.93. The Morgan fingerprint density at radius 3 is 1.46 bits per heavy atom. The Kier molecular flexibility index (Phi) is 5.79. The van der Waals surface area contributed by atoms with Crippen LogP contribution in [0.1, 0.15) is 0 Å². The first-order chi connectivity index (χ1) is 15.7. The van der Waals surface area contributed by atoms with Gasteiger partial charge in [-0.3, -0.25) is 0 Å². The number of carbonyl (C=O) groups excluding carboxylic acids is 1. The molecule has 2 aromatic carbocycles. The van der Waals surface area contributed by atoms with Crippen molar-refractivity contribution < 1.29 is 67.3 Å². The van der Waals surface area contributed by atoms with Crippen LogP contribution >= 0.6 is 0 Å². The van der Waals surface area contributed by atoms with E-state index in [0.29, 0.717) is 17.7 Å². The highest BCUT2D eigenvalue weighted by molar-refractivity contribution is 5.83. The summed E-state index contributed by atoms with van der Waals surface area (Å²) in [6.45, 7) is 0. The molecule has 0 radical (unpaired) electrons. The van der Waals surface area contributed by atoms with Gasteiger partial charge in [0.15, 0.2) is 0 Å². The Bertz CT molecular complexity index is 1090. The molecule has 0 amide bonds. The van der Waals surface area contributed by atoms with Gasteiger partial charge in [0.2, 0.25) is 0 Å². The highest BCUT2D eigenvalue weighted by atomic mass is 19.4. The van der Waals surface area contributed by atoms with Crippen LogP contribution in [0.5, 0.6) is 11.5 Å². The molecule has 1 aliphatic rings. The van der Waals surface area contributed by atoms with Crippen molar-refractivity contribution in [2.24, 2.45) is 0 Å². The van der Waals surface area contributed by atoms with Gasteiger partial charge in [0.1, 0.15) is 11.5 Å². The first-order valence-corrected chi connectivity index (χ1v) is 8.92. The van der Waals surface area contributed by atoms with Crippen molar-refractivity contribution in [1.82, 2.24) is 4.90 Å². The van der Waals surface area contributed by atoms with E-state index in [-0.39, 0.29) is 11.3 Å². The SMILES string of the molecule is O=C(Oc1ccc(-c2ccc(O)cc2)cc1)[C@@](F)(N1C(F)(F)C(F)(F)C(F)(F)C1(F)F)C(F)(F)F. The number of ether oxygens (including phenoxy) is 1. The Balaban J connectivity index is 2.02. The summed E-state index contributed by atoms with van der Waals surface area (Å²) < 4.78 is 167. The van der Waals surface area contributed by atoms with E-state index in [1.165, 1.54) is 24.3 Å². The average molecular weight is 527 g/mol. The second kappa shape index (κ2) is 7.66. The lowest BCUT2D eigenvalue weighted by molar-refractivity contribution is -0.382. The fraction of sp³-hybridized carbons (Fsp3) is 0.316. The number of rotatable bonds is 4. The third kappa shape index (κ3) is 3.56. The number of alkyl halides is 12. The first-order valence-electron chi connectivity index (χ1n) is 8.92. The predicted molar refractivity (Wildman–Crippen MR) is 90.7 cm³/mol. The normalized spacial score (nSPS) is 22.4. The number of phenolic OH excluding ortho intramolecular Hbond substituents is 1. The summed E-state index contributed by atoms with van der Waals surface area (Å²) in [6.07, 6.45) is -7.18. The maximum absolute atomic E-state index is 14.8. The van der Waals surface area contributed by atoms with Gasteiger partial charge in [-0.15, -0.1) is 4.90 Å². The molecule has 0 aliphatic carbocycles. The molecule has 1 aliphatic heterocycles. The lowest BCUT2D eigenvalue weighted by Gasteiger charge is -2.38. The molecule has 1 heterocycles. The molecule has 1 atom stereocenters. The lowest BCUT2D eigenvalue weighted by atomic mass is 10.1. The molecule has 0 unspecified atom stereocenters. The number of phenols is 1. The molecule has 0 aromatic heterocycles. The number of hydrogen-bond acceptors (Lipinski definition) is 4. The van der Waals surface area contributed by atoms with Crippen molar-refractivity contribution >= 4 is 5.97 Å². The van der Waals surface area contributed by atoms with Gasteiger partial charge in [0.05, 0.1) is 0 Å². The van der Waals surface area contributed by atoms with Crippen LogP contribution in [0.15, 0.2) is 48.5 Å². The lowest BCUT2D eigenvalue weighted by Crippen LogP contribution is -2.70. The minimum absolute atomic E-state index is 0.141. The number of halogens is 12. The van der Waals surface area contributed by atoms with Crippen LogP contribution in [0.25, 0.3) is 11.1 Å². The van der Waals surface area contributed by atoms with E-state index >= 15 is 0 Å². The Morgan fingerprint density at radius 2 is 1.09 bits per heavy atom. The molecular formula is C19H9F12NO3. The van der Waals surface area contributed by atoms with E-state index in [2.05, 4.69) is 4.74 Å². The zero-order valence-electron chi connectivity index (χ0n) is 16.4. The van der Waals surface area contributed by atoms with Crippen molar-refractivity contribution in [3.05, 3.63) is 48.5 Å². The highest BCUT2D eigenvalue weighted by Crippen LogP contribution is 2.66. The van der Waals surface area contributed by atoms with Gasteiger partial charge in [0, 0.05) is 0 Å². The van der Waals surface area contributed by atoms with E-state index in [1.807, 2.05) is 0 Å². The van der Waals surface area contributed by atoms with Gasteiger partial charge in [-0.2, -0.15) is 48.3 Å². The fourth-order valence-corrected chi connectivity index (χ4v) is 3.10. The fourth-order valence-electron chi connectivity index (χ4n) is 3.10. The van der Waals surface area contributed by atoms with Crippen molar-refractivity contribution in [2.45, 2.75) is 35.9 Å². The van der Waals surface area contributed by atoms with Crippen LogP contribution in [-0.2, 0) is 4.79 Å². The molecule has 35 heavy (non-hydrogen) atoms. The summed E-state index contributed by atoms with van der Waals surface area (Å²) in [6, 6.07) is -5.96. The van der Waals surface area contributed by atoms with Crippen LogP contribution in [0.2, 0.25) is 0 Å². The predicted octanol–water partition coefficient (Wildman–Crippen LogP) is 5.96. The maximum Gasteiger partial charge on any atom is 0.448 e. The monoisotopic (exact) mass is 527 g/mol. The van der Waals surface area contributed by atoms with E-state index in [1.54, 1.807) is 0 Å². The van der Waals surface area contributed by atoms with Gasteiger partial charge >= 0.3 is 41.9 Å². The van der Waals surface area contributed by atoms with Gasteiger partial charge in [-0.25, -0.2) is 9.18 Å². The average Bonchev–Trinajstić information content (AvgIpc) is 2.80. The highest BCUT2D eigenvalue weighted by Gasteiger charge is 2.98. The minimum Gasteiger partial charge on any atom is -0.508 e. The molecule has 1 fully saturated rings. The van der Waals surface area contributed by atoms with Crippen molar-refractivity contribution in [1.29, 1.82) is 0 Å². The molecule has 1 N–H and O–H groups in total. The molecular weight excluding hydrogens is 518 g/mol. The molecule has 0 bridgehead atoms. The van der Waals surface area contributed by atoms with Gasteiger partial charge in [-0.05, 0) is 35.4 Å². The van der Waals surface area contributed by atoms with Gasteiger partial charge in [-0.1, -0.05) is 24.3 Å². The minimum atomic E-state index is -7.22. The second-order valence-electron chi connectivity index (χ2n) is 7.15. The standard InChI is InChI=1S/C19H9F12NO3/c20-14(17(25,26)27,32-18(28,29)15(21,22)16(23,24)19(32,30)31)13(34)35-12-7-3-10(4-8-12)9-1-5-11(33)6-2-9/h1-8,33H/t14-/m1/s1. The van der Waals surface area contributed by atoms with Gasteiger partial charge in [0.25, 0.3) is 0 Å². The Labute approximate surface area is 186 Å². The van der Waals surface area contributed by atoms with Crippen LogP contribution in [-0.4, -0.2) is 51.9 Å². The van der Waals surface area contributed by atoms with Crippen LogP contribution in [0, 0.1) is 0 Å². The maximum atomic E-state index is 14.8. The second-order valence-corrected chi connectivity index (χ2v) is 7.15. The van der Waals surface area contributed by atoms with E-state index < -0.39 is 52.5 Å². The summed E-state index contributed by atoms with van der Waals surface area (Å²) in [5, 5.41) is 9.23. The number of likely N-dealkylation sites (tertiary alicyclic amines) is 1. The Morgan fingerprint density at radius 1 is 0.714 bits per heavy atom. The number of nitrogens with zero attached hydrogens (tertiary/aromatic N) is 1. The van der Waals surface area contributed by atoms with E-state index in [0.717, 1.165) is 12.1 Å².